The van der Waals surface area contributed by atoms with Crippen LogP contribution in [-0.4, -0.2) is 42.4 Å². The molecule has 1 heterocycles. The lowest BCUT2D eigenvalue weighted by atomic mass is 9.95. The second-order valence-corrected chi connectivity index (χ2v) is 7.18. The van der Waals surface area contributed by atoms with Crippen molar-refractivity contribution in [2.45, 2.75) is 40.3 Å². The summed E-state index contributed by atoms with van der Waals surface area (Å²) in [5, 5.41) is 6.20. The molecule has 5 heteroatoms. The molecule has 1 fully saturated rings. The van der Waals surface area contributed by atoms with Gasteiger partial charge in [0.15, 0.2) is 0 Å². The van der Waals surface area contributed by atoms with Gasteiger partial charge in [0, 0.05) is 43.2 Å². The molecular formula is C18H27N3O2. The molecule has 1 aliphatic rings. The summed E-state index contributed by atoms with van der Waals surface area (Å²) in [7, 11) is 0. The minimum absolute atomic E-state index is 0.0206. The summed E-state index contributed by atoms with van der Waals surface area (Å²) in [4.78, 5) is 26.3. The highest BCUT2D eigenvalue weighted by atomic mass is 16.2. The normalized spacial score (nSPS) is 18.6. The third-order valence-corrected chi connectivity index (χ3v) is 4.10. The highest BCUT2D eigenvalue weighted by Crippen LogP contribution is 2.14. The van der Waals surface area contributed by atoms with Crippen molar-refractivity contribution in [3.05, 3.63) is 35.4 Å². The Bertz CT molecular complexity index is 561. The van der Waals surface area contributed by atoms with E-state index in [-0.39, 0.29) is 17.9 Å². The maximum Gasteiger partial charge on any atom is 0.254 e. The molecule has 5 nitrogen and oxygen atoms in total. The molecule has 0 spiro atoms. The van der Waals surface area contributed by atoms with Gasteiger partial charge < -0.3 is 15.5 Å². The number of nitrogens with zero attached hydrogens (tertiary/aromatic N) is 1. The Hall–Kier alpha value is -1.88. The Labute approximate surface area is 138 Å². The highest BCUT2D eigenvalue weighted by Gasteiger charge is 2.24. The van der Waals surface area contributed by atoms with E-state index >= 15 is 0 Å². The van der Waals surface area contributed by atoms with Crippen LogP contribution in [0.3, 0.4) is 0 Å². The summed E-state index contributed by atoms with van der Waals surface area (Å²) in [6, 6.07) is 7.71. The van der Waals surface area contributed by atoms with Crippen LogP contribution in [0.4, 0.5) is 0 Å². The molecule has 2 amide bonds. The van der Waals surface area contributed by atoms with E-state index in [4.69, 9.17) is 0 Å². The summed E-state index contributed by atoms with van der Waals surface area (Å²) >= 11 is 0. The third kappa shape index (κ3) is 4.55. The molecule has 0 bridgehead atoms. The number of hydrogen-bond acceptors (Lipinski definition) is 3. The Balaban J connectivity index is 1.96. The molecule has 23 heavy (non-hydrogen) atoms. The van der Waals surface area contributed by atoms with Crippen molar-refractivity contribution in [3.8, 4) is 0 Å². The van der Waals surface area contributed by atoms with Gasteiger partial charge in [-0.3, -0.25) is 9.59 Å². The molecule has 126 valence electrons. The Morgan fingerprint density at radius 2 is 1.91 bits per heavy atom. The lowest BCUT2D eigenvalue weighted by Crippen LogP contribution is -2.52. The smallest absolute Gasteiger partial charge is 0.254 e. The summed E-state index contributed by atoms with van der Waals surface area (Å²) in [5.74, 6) is 0.0940. The van der Waals surface area contributed by atoms with Crippen LogP contribution in [0.5, 0.6) is 0 Å². The molecule has 1 saturated heterocycles. The first kappa shape index (κ1) is 17.5. The minimum atomic E-state index is -0.395. The molecule has 0 unspecified atom stereocenters. The fourth-order valence-electron chi connectivity index (χ4n) is 2.52. The number of piperazine rings is 1. The summed E-state index contributed by atoms with van der Waals surface area (Å²) < 4.78 is 0. The standard InChI is InChI=1S/C18H27N3O2/c1-13-11-19-9-10-21(13)16(22)15-7-5-14(6-8-15)12-20-17(23)18(2,3)4/h5-8,13,19H,9-12H2,1-4H3,(H,20,23)/t13-/m1/s1. The molecule has 1 atom stereocenters. The number of amides is 2. The monoisotopic (exact) mass is 317 g/mol. The SMILES string of the molecule is C[C@@H]1CNCCN1C(=O)c1ccc(CNC(=O)C(C)(C)C)cc1. The topological polar surface area (TPSA) is 61.4 Å². The zero-order valence-electron chi connectivity index (χ0n) is 14.5. The number of benzene rings is 1. The zero-order valence-corrected chi connectivity index (χ0v) is 14.5. The molecule has 1 aromatic carbocycles. The maximum absolute atomic E-state index is 12.5. The first-order valence-corrected chi connectivity index (χ1v) is 8.18. The molecule has 2 rings (SSSR count). The fraction of sp³-hybridized carbons (Fsp3) is 0.556. The lowest BCUT2D eigenvalue weighted by molar-refractivity contribution is -0.128. The van der Waals surface area contributed by atoms with Crippen LogP contribution in [0.2, 0.25) is 0 Å². The Kier molecular flexibility index (Phi) is 5.42. The van der Waals surface area contributed by atoms with Crippen LogP contribution in [0.1, 0.15) is 43.6 Å². The van der Waals surface area contributed by atoms with Gasteiger partial charge in [-0.2, -0.15) is 0 Å². The van der Waals surface area contributed by atoms with Crippen molar-refractivity contribution in [2.75, 3.05) is 19.6 Å². The van der Waals surface area contributed by atoms with Crippen LogP contribution in [0.25, 0.3) is 0 Å². The van der Waals surface area contributed by atoms with Crippen LogP contribution in [0, 0.1) is 5.41 Å². The van der Waals surface area contributed by atoms with Crippen LogP contribution < -0.4 is 10.6 Å². The Morgan fingerprint density at radius 3 is 2.48 bits per heavy atom. The van der Waals surface area contributed by atoms with Gasteiger partial charge in [0.1, 0.15) is 0 Å². The highest BCUT2D eigenvalue weighted by molar-refractivity contribution is 5.94. The minimum Gasteiger partial charge on any atom is -0.352 e. The maximum atomic E-state index is 12.5. The number of hydrogen-bond donors (Lipinski definition) is 2. The van der Waals surface area contributed by atoms with Gasteiger partial charge >= 0.3 is 0 Å². The van der Waals surface area contributed by atoms with Gasteiger partial charge in [-0.05, 0) is 24.6 Å². The number of rotatable bonds is 3. The molecule has 1 aliphatic heterocycles. The predicted octanol–water partition coefficient (Wildman–Crippen LogP) is 1.78. The van der Waals surface area contributed by atoms with E-state index in [1.54, 1.807) is 0 Å². The molecule has 2 N–H and O–H groups in total. The van der Waals surface area contributed by atoms with Crippen LogP contribution in [0.15, 0.2) is 24.3 Å². The van der Waals surface area contributed by atoms with E-state index in [0.29, 0.717) is 12.1 Å². The van der Waals surface area contributed by atoms with Crippen molar-refractivity contribution >= 4 is 11.8 Å². The second kappa shape index (κ2) is 7.13. The molecule has 0 aromatic heterocycles. The van der Waals surface area contributed by atoms with Gasteiger partial charge in [0.05, 0.1) is 0 Å². The predicted molar refractivity (Wildman–Crippen MR) is 91.1 cm³/mol. The summed E-state index contributed by atoms with van der Waals surface area (Å²) in [6.07, 6.45) is 0. The first-order valence-electron chi connectivity index (χ1n) is 8.18. The summed E-state index contributed by atoms with van der Waals surface area (Å²) in [5.41, 5.74) is 1.30. The number of carbonyl (C=O) groups is 2. The van der Waals surface area contributed by atoms with Crippen LogP contribution >= 0.6 is 0 Å². The molecule has 1 aromatic rings. The van der Waals surface area contributed by atoms with Gasteiger partial charge in [-0.15, -0.1) is 0 Å². The quantitative estimate of drug-likeness (QED) is 0.893. The van der Waals surface area contributed by atoms with Crippen molar-refractivity contribution in [2.24, 2.45) is 5.41 Å². The Morgan fingerprint density at radius 1 is 1.26 bits per heavy atom. The van der Waals surface area contributed by atoms with Gasteiger partial charge in [0.2, 0.25) is 5.91 Å². The van der Waals surface area contributed by atoms with Gasteiger partial charge in [0.25, 0.3) is 5.91 Å². The molecular weight excluding hydrogens is 290 g/mol. The zero-order chi connectivity index (χ0) is 17.0. The average molecular weight is 317 g/mol. The number of carbonyl (C=O) groups excluding carboxylic acids is 2. The first-order chi connectivity index (χ1) is 10.8. The third-order valence-electron chi connectivity index (χ3n) is 4.10. The van der Waals surface area contributed by atoms with Crippen molar-refractivity contribution < 1.29 is 9.59 Å². The average Bonchev–Trinajstić information content (AvgIpc) is 2.52. The van der Waals surface area contributed by atoms with Gasteiger partial charge in [-0.1, -0.05) is 32.9 Å². The molecule has 0 saturated carbocycles. The molecule has 0 radical (unpaired) electrons. The number of nitrogens with one attached hydrogen (secondary N) is 2. The van der Waals surface area contributed by atoms with Gasteiger partial charge in [-0.25, -0.2) is 0 Å². The van der Waals surface area contributed by atoms with E-state index in [2.05, 4.69) is 17.6 Å². The van der Waals surface area contributed by atoms with Crippen molar-refractivity contribution in [1.82, 2.24) is 15.5 Å². The van der Waals surface area contributed by atoms with E-state index in [1.807, 2.05) is 49.9 Å². The second-order valence-electron chi connectivity index (χ2n) is 7.18. The van der Waals surface area contributed by atoms with Crippen molar-refractivity contribution in [3.63, 3.8) is 0 Å². The lowest BCUT2D eigenvalue weighted by Gasteiger charge is -2.34. The molecule has 0 aliphatic carbocycles. The van der Waals surface area contributed by atoms with E-state index in [9.17, 15) is 9.59 Å². The van der Waals surface area contributed by atoms with E-state index in [1.165, 1.54) is 0 Å². The largest absolute Gasteiger partial charge is 0.352 e. The van der Waals surface area contributed by atoms with Crippen molar-refractivity contribution in [1.29, 1.82) is 0 Å². The summed E-state index contributed by atoms with van der Waals surface area (Å²) in [6.45, 7) is 10.6. The van der Waals surface area contributed by atoms with E-state index < -0.39 is 5.41 Å². The fourth-order valence-corrected chi connectivity index (χ4v) is 2.52. The van der Waals surface area contributed by atoms with E-state index in [0.717, 1.165) is 25.2 Å². The van der Waals surface area contributed by atoms with Crippen LogP contribution in [-0.2, 0) is 11.3 Å².